The number of ether oxygens (including phenoxy) is 1. The Bertz CT molecular complexity index is 1230. The number of benzene rings is 1. The maximum atomic E-state index is 13.4. The number of nitrogens with two attached hydrogens (primary N) is 1. The monoisotopic (exact) mass is 609 g/mol. The molecule has 0 radical (unpaired) electrons. The molecule has 1 saturated heterocycles. The number of aryl methyl sites for hydroxylation is 1. The van der Waals surface area contributed by atoms with E-state index in [1.165, 1.54) is 18.7 Å². The quantitative estimate of drug-likeness (QED) is 0.156. The van der Waals surface area contributed by atoms with Gasteiger partial charge < -0.3 is 46.6 Å². The summed E-state index contributed by atoms with van der Waals surface area (Å²) in [5, 5.41) is 36.1. The van der Waals surface area contributed by atoms with E-state index in [1.54, 1.807) is 25.1 Å². The number of esters is 1. The lowest BCUT2D eigenvalue weighted by Gasteiger charge is -2.29. The summed E-state index contributed by atoms with van der Waals surface area (Å²) in [5.74, 6) is -5.20. The number of cyclic esters (lactones) is 1. The molecule has 0 aromatic heterocycles. The van der Waals surface area contributed by atoms with Gasteiger partial charge in [0.2, 0.25) is 23.6 Å². The van der Waals surface area contributed by atoms with E-state index < -0.39 is 85.1 Å². The molecule has 8 N–H and O–H groups in total. The van der Waals surface area contributed by atoms with E-state index in [0.717, 1.165) is 4.90 Å². The zero-order valence-electron chi connectivity index (χ0n) is 23.1. The molecule has 0 saturated carbocycles. The van der Waals surface area contributed by atoms with Gasteiger partial charge in [-0.3, -0.25) is 24.0 Å². The summed E-state index contributed by atoms with van der Waals surface area (Å²) in [5.41, 5.74) is 7.10. The van der Waals surface area contributed by atoms with Crippen LogP contribution in [0, 0.1) is 6.92 Å². The van der Waals surface area contributed by atoms with Crippen LogP contribution >= 0.6 is 11.8 Å². The topological polar surface area (TPSA) is 238 Å². The van der Waals surface area contributed by atoms with Crippen LogP contribution in [0.2, 0.25) is 0 Å². The molecule has 2 heterocycles. The zero-order chi connectivity index (χ0) is 31.1. The van der Waals surface area contributed by atoms with Crippen LogP contribution in [0.3, 0.4) is 0 Å². The highest BCUT2D eigenvalue weighted by Gasteiger charge is 2.43. The second kappa shape index (κ2) is 14.4. The number of aliphatic hydroxyl groups is 2. The van der Waals surface area contributed by atoms with Crippen molar-refractivity contribution >= 4 is 47.3 Å². The number of carboxylic acid groups (broad SMARTS) is 1. The van der Waals surface area contributed by atoms with E-state index in [2.05, 4.69) is 16.0 Å². The number of amides is 4. The van der Waals surface area contributed by atoms with Crippen molar-refractivity contribution in [2.75, 3.05) is 25.5 Å². The van der Waals surface area contributed by atoms with Crippen molar-refractivity contribution in [1.29, 1.82) is 0 Å². The molecule has 0 aliphatic carbocycles. The highest BCUT2D eigenvalue weighted by Crippen LogP contribution is 2.23. The Kier molecular flexibility index (Phi) is 11.3. The molecule has 1 aromatic rings. The number of nitrogens with one attached hydrogen (secondary N) is 3. The van der Waals surface area contributed by atoms with Gasteiger partial charge in [0.05, 0.1) is 18.3 Å². The number of carboxylic acids is 1. The van der Waals surface area contributed by atoms with Gasteiger partial charge in [0.25, 0.3) is 0 Å². The average Bonchev–Trinajstić information content (AvgIpc) is 3.33. The van der Waals surface area contributed by atoms with E-state index in [4.69, 9.17) is 10.5 Å². The van der Waals surface area contributed by atoms with Gasteiger partial charge in [-0.25, -0.2) is 4.79 Å². The van der Waals surface area contributed by atoms with Gasteiger partial charge in [-0.2, -0.15) is 11.8 Å². The standard InChI is InChI=1S/C26H35N5O10S/c1-12-4-3-5-14-10-42-11-17(22(35)28-13(2)25(38)39)30-21(34)16(9-41-26(40)19(12)14)29-23(36)20-18(33)6-7-31(20)24(37)15(27)8-32/h3-5,13,15-18,20,32-33H,6-11,27H2,1-2H3,(H,28,35)(H,29,36)(H,30,34)(H,38,39)/t13-,15-,16-,17-,18+,20-/m0/s1. The van der Waals surface area contributed by atoms with Crippen molar-refractivity contribution in [3.63, 3.8) is 0 Å². The Morgan fingerprint density at radius 1 is 1.24 bits per heavy atom. The number of rotatable bonds is 7. The molecule has 0 unspecified atom stereocenters. The largest absolute Gasteiger partial charge is 0.480 e. The number of carbonyl (C=O) groups is 6. The molecule has 0 spiro atoms. The Morgan fingerprint density at radius 2 is 1.95 bits per heavy atom. The Hall–Kier alpha value is -3.73. The van der Waals surface area contributed by atoms with Crippen molar-refractivity contribution in [2.45, 2.75) is 62.3 Å². The van der Waals surface area contributed by atoms with Crippen LogP contribution in [0.5, 0.6) is 0 Å². The minimum atomic E-state index is -1.57. The van der Waals surface area contributed by atoms with Gasteiger partial charge in [0.15, 0.2) is 0 Å². The third kappa shape index (κ3) is 7.76. The predicted molar refractivity (Wildman–Crippen MR) is 148 cm³/mol. The first kappa shape index (κ1) is 32.8. The van der Waals surface area contributed by atoms with E-state index in [1.807, 2.05) is 0 Å². The Labute approximate surface area is 245 Å². The van der Waals surface area contributed by atoms with E-state index in [0.29, 0.717) is 11.1 Å². The van der Waals surface area contributed by atoms with Crippen LogP contribution in [0.1, 0.15) is 34.8 Å². The van der Waals surface area contributed by atoms with Gasteiger partial charge >= 0.3 is 11.9 Å². The summed E-state index contributed by atoms with van der Waals surface area (Å²) < 4.78 is 5.42. The smallest absolute Gasteiger partial charge is 0.338 e. The molecule has 0 bridgehead atoms. The van der Waals surface area contributed by atoms with E-state index >= 15 is 0 Å². The SMILES string of the molecule is Cc1cccc2c1C(=O)OC[C@H](NC(=O)[C@@H]1[C@H](O)CCN1C(=O)[C@@H](N)CO)C(=O)N[C@H](C(=O)N[C@@H](C)C(=O)O)CSC2. The zero-order valence-corrected chi connectivity index (χ0v) is 23.9. The maximum Gasteiger partial charge on any atom is 0.338 e. The number of thioether (sulfide) groups is 1. The van der Waals surface area contributed by atoms with Crippen molar-refractivity contribution < 1.29 is 48.8 Å². The number of fused-ring (bicyclic) bond motifs is 1. The highest BCUT2D eigenvalue weighted by atomic mass is 32.2. The number of carbonyl (C=O) groups excluding carboxylic acids is 5. The Balaban J connectivity index is 1.91. The first-order chi connectivity index (χ1) is 19.8. The fraction of sp³-hybridized carbons (Fsp3) is 0.538. The summed E-state index contributed by atoms with van der Waals surface area (Å²) in [6.07, 6.45) is -1.27. The Morgan fingerprint density at radius 3 is 2.62 bits per heavy atom. The summed E-state index contributed by atoms with van der Waals surface area (Å²) in [6, 6.07) is -1.66. The summed E-state index contributed by atoms with van der Waals surface area (Å²) in [4.78, 5) is 77.6. The van der Waals surface area contributed by atoms with Crippen LogP contribution in [-0.2, 0) is 34.5 Å². The van der Waals surface area contributed by atoms with Crippen molar-refractivity contribution in [3.05, 3.63) is 34.9 Å². The molecule has 1 fully saturated rings. The number of likely N-dealkylation sites (tertiary alicyclic amines) is 1. The maximum absolute atomic E-state index is 13.4. The summed E-state index contributed by atoms with van der Waals surface area (Å²) >= 11 is 1.21. The molecular weight excluding hydrogens is 574 g/mol. The molecule has 2 aliphatic heterocycles. The van der Waals surface area contributed by atoms with Crippen LogP contribution in [0.15, 0.2) is 18.2 Å². The third-order valence-electron chi connectivity index (χ3n) is 6.91. The second-order valence-corrected chi connectivity index (χ2v) is 11.1. The summed E-state index contributed by atoms with van der Waals surface area (Å²) in [6.45, 7) is 1.58. The number of nitrogens with zero attached hydrogens (tertiary/aromatic N) is 1. The fourth-order valence-electron chi connectivity index (χ4n) is 4.56. The minimum Gasteiger partial charge on any atom is -0.480 e. The van der Waals surface area contributed by atoms with Crippen molar-refractivity contribution in [3.8, 4) is 0 Å². The molecule has 230 valence electrons. The number of aliphatic carboxylic acids is 1. The third-order valence-corrected chi connectivity index (χ3v) is 8.00. The lowest BCUT2D eigenvalue weighted by atomic mass is 10.0. The molecule has 15 nitrogen and oxygen atoms in total. The lowest BCUT2D eigenvalue weighted by Crippen LogP contribution is -2.61. The minimum absolute atomic E-state index is 0.00429. The fourth-order valence-corrected chi connectivity index (χ4v) is 5.61. The molecule has 1 aromatic carbocycles. The van der Waals surface area contributed by atoms with Gasteiger partial charge in [-0.15, -0.1) is 0 Å². The molecule has 3 rings (SSSR count). The molecule has 6 atom stereocenters. The van der Waals surface area contributed by atoms with Gasteiger partial charge in [0, 0.05) is 18.1 Å². The van der Waals surface area contributed by atoms with E-state index in [9.17, 15) is 44.1 Å². The first-order valence-corrected chi connectivity index (χ1v) is 14.3. The lowest BCUT2D eigenvalue weighted by molar-refractivity contribution is -0.143. The van der Waals surface area contributed by atoms with Crippen LogP contribution in [0.4, 0.5) is 0 Å². The van der Waals surface area contributed by atoms with Gasteiger partial charge in [-0.1, -0.05) is 18.2 Å². The number of hydrogen-bond donors (Lipinski definition) is 7. The second-order valence-electron chi connectivity index (χ2n) is 10.0. The van der Waals surface area contributed by atoms with Gasteiger partial charge in [-0.05, 0) is 31.4 Å². The number of hydrogen-bond acceptors (Lipinski definition) is 11. The summed E-state index contributed by atoms with van der Waals surface area (Å²) in [7, 11) is 0. The molecule has 2 aliphatic rings. The normalized spacial score (nSPS) is 24.5. The first-order valence-electron chi connectivity index (χ1n) is 13.2. The molecule has 16 heteroatoms. The number of aliphatic hydroxyl groups excluding tert-OH is 2. The predicted octanol–water partition coefficient (Wildman–Crippen LogP) is -2.76. The van der Waals surface area contributed by atoms with Crippen LogP contribution < -0.4 is 21.7 Å². The average molecular weight is 610 g/mol. The van der Waals surface area contributed by atoms with Crippen molar-refractivity contribution in [1.82, 2.24) is 20.9 Å². The molecule has 42 heavy (non-hydrogen) atoms. The van der Waals surface area contributed by atoms with Crippen molar-refractivity contribution in [2.24, 2.45) is 5.73 Å². The highest BCUT2D eigenvalue weighted by molar-refractivity contribution is 7.98. The van der Waals surface area contributed by atoms with Crippen LogP contribution in [-0.4, -0.2) is 118 Å². The molecule has 4 amide bonds. The molecular formula is C26H35N5O10S. The van der Waals surface area contributed by atoms with Gasteiger partial charge in [0.1, 0.15) is 36.8 Å². The van der Waals surface area contributed by atoms with Crippen LogP contribution in [0.25, 0.3) is 0 Å². The van der Waals surface area contributed by atoms with E-state index in [-0.39, 0.29) is 30.0 Å².